The fraction of sp³-hybridized carbons (Fsp3) is 0.471. The van der Waals surface area contributed by atoms with Gasteiger partial charge < -0.3 is 14.4 Å². The zero-order valence-electron chi connectivity index (χ0n) is 13.6. The molecule has 0 radical (unpaired) electrons. The SMILES string of the molecule is CCOc1ccc(/C=C/C(=O)N(C)CC(C)C)cc1OC. The highest BCUT2D eigenvalue weighted by Gasteiger charge is 2.07. The van der Waals surface area contributed by atoms with Crippen molar-refractivity contribution in [2.24, 2.45) is 5.92 Å². The minimum absolute atomic E-state index is 0.00319. The molecule has 4 heteroatoms. The molecule has 0 saturated heterocycles. The quantitative estimate of drug-likeness (QED) is 0.724. The van der Waals surface area contributed by atoms with Crippen LogP contribution in [0.15, 0.2) is 24.3 Å². The van der Waals surface area contributed by atoms with E-state index >= 15 is 0 Å². The van der Waals surface area contributed by atoms with E-state index in [4.69, 9.17) is 9.47 Å². The van der Waals surface area contributed by atoms with Gasteiger partial charge >= 0.3 is 0 Å². The Morgan fingerprint density at radius 2 is 2.05 bits per heavy atom. The topological polar surface area (TPSA) is 38.8 Å². The molecule has 0 aliphatic rings. The Kier molecular flexibility index (Phi) is 6.79. The Balaban J connectivity index is 2.78. The van der Waals surface area contributed by atoms with Gasteiger partial charge in [0.1, 0.15) is 0 Å². The summed E-state index contributed by atoms with van der Waals surface area (Å²) in [6.45, 7) is 7.44. The van der Waals surface area contributed by atoms with Crippen LogP contribution in [0.2, 0.25) is 0 Å². The van der Waals surface area contributed by atoms with Crippen LogP contribution in [0.25, 0.3) is 6.08 Å². The number of benzene rings is 1. The van der Waals surface area contributed by atoms with E-state index in [1.165, 1.54) is 0 Å². The van der Waals surface area contributed by atoms with E-state index in [0.717, 1.165) is 12.1 Å². The molecular formula is C17H25NO3. The molecule has 0 bridgehead atoms. The van der Waals surface area contributed by atoms with Crippen LogP contribution in [0, 0.1) is 5.92 Å². The minimum Gasteiger partial charge on any atom is -0.493 e. The summed E-state index contributed by atoms with van der Waals surface area (Å²) in [5, 5.41) is 0. The van der Waals surface area contributed by atoms with Crippen molar-refractivity contribution in [3.05, 3.63) is 29.8 Å². The van der Waals surface area contributed by atoms with Crippen LogP contribution in [0.3, 0.4) is 0 Å². The molecule has 0 heterocycles. The summed E-state index contributed by atoms with van der Waals surface area (Å²) in [4.78, 5) is 13.7. The third kappa shape index (κ3) is 5.50. The van der Waals surface area contributed by atoms with Crippen molar-refractivity contribution < 1.29 is 14.3 Å². The van der Waals surface area contributed by atoms with E-state index in [9.17, 15) is 4.79 Å². The monoisotopic (exact) mass is 291 g/mol. The maximum absolute atomic E-state index is 12.0. The molecular weight excluding hydrogens is 266 g/mol. The van der Waals surface area contributed by atoms with Gasteiger partial charge in [0.25, 0.3) is 0 Å². The Labute approximate surface area is 127 Å². The van der Waals surface area contributed by atoms with E-state index in [2.05, 4.69) is 13.8 Å². The average Bonchev–Trinajstić information content (AvgIpc) is 2.45. The summed E-state index contributed by atoms with van der Waals surface area (Å²) < 4.78 is 10.8. The lowest BCUT2D eigenvalue weighted by atomic mass is 10.1. The number of hydrogen-bond acceptors (Lipinski definition) is 3. The van der Waals surface area contributed by atoms with E-state index < -0.39 is 0 Å². The Bertz CT molecular complexity index is 495. The van der Waals surface area contributed by atoms with E-state index in [0.29, 0.717) is 24.0 Å². The van der Waals surface area contributed by atoms with Gasteiger partial charge in [-0.25, -0.2) is 0 Å². The maximum atomic E-state index is 12.0. The average molecular weight is 291 g/mol. The number of amides is 1. The van der Waals surface area contributed by atoms with Crippen molar-refractivity contribution in [3.63, 3.8) is 0 Å². The van der Waals surface area contributed by atoms with Crippen LogP contribution < -0.4 is 9.47 Å². The largest absolute Gasteiger partial charge is 0.493 e. The lowest BCUT2D eigenvalue weighted by Gasteiger charge is -2.17. The molecule has 0 aliphatic carbocycles. The second-order valence-electron chi connectivity index (χ2n) is 5.29. The highest BCUT2D eigenvalue weighted by molar-refractivity contribution is 5.91. The first-order valence-corrected chi connectivity index (χ1v) is 7.22. The lowest BCUT2D eigenvalue weighted by molar-refractivity contribution is -0.125. The number of nitrogens with zero attached hydrogens (tertiary/aromatic N) is 1. The molecule has 0 N–H and O–H groups in total. The van der Waals surface area contributed by atoms with Gasteiger partial charge in [-0.2, -0.15) is 0 Å². The van der Waals surface area contributed by atoms with Crippen LogP contribution in [0.4, 0.5) is 0 Å². The number of likely N-dealkylation sites (N-methyl/N-ethyl adjacent to an activating group) is 1. The fourth-order valence-electron chi connectivity index (χ4n) is 2.00. The first-order chi connectivity index (χ1) is 9.97. The first-order valence-electron chi connectivity index (χ1n) is 7.22. The van der Waals surface area contributed by atoms with Gasteiger partial charge in [-0.05, 0) is 36.6 Å². The third-order valence-electron chi connectivity index (χ3n) is 2.92. The molecule has 0 spiro atoms. The van der Waals surface area contributed by atoms with Crippen molar-refractivity contribution in [1.29, 1.82) is 0 Å². The molecule has 1 amide bonds. The number of rotatable bonds is 7. The molecule has 1 rings (SSSR count). The number of carbonyl (C=O) groups is 1. The highest BCUT2D eigenvalue weighted by atomic mass is 16.5. The Hall–Kier alpha value is -1.97. The molecule has 0 aromatic heterocycles. The second-order valence-corrected chi connectivity index (χ2v) is 5.29. The van der Waals surface area contributed by atoms with Crippen molar-refractivity contribution in [1.82, 2.24) is 4.90 Å². The van der Waals surface area contributed by atoms with Crippen LogP contribution in [0.1, 0.15) is 26.3 Å². The van der Waals surface area contributed by atoms with Gasteiger partial charge in [-0.3, -0.25) is 4.79 Å². The van der Waals surface area contributed by atoms with Gasteiger partial charge in [-0.15, -0.1) is 0 Å². The predicted molar refractivity (Wildman–Crippen MR) is 85.7 cm³/mol. The van der Waals surface area contributed by atoms with Crippen LogP contribution in [0.5, 0.6) is 11.5 Å². The summed E-state index contributed by atoms with van der Waals surface area (Å²) >= 11 is 0. The van der Waals surface area contributed by atoms with Crippen LogP contribution in [-0.4, -0.2) is 38.1 Å². The molecule has 116 valence electrons. The third-order valence-corrected chi connectivity index (χ3v) is 2.92. The smallest absolute Gasteiger partial charge is 0.246 e. The maximum Gasteiger partial charge on any atom is 0.246 e. The first kappa shape index (κ1) is 17.1. The Morgan fingerprint density at radius 1 is 1.33 bits per heavy atom. The summed E-state index contributed by atoms with van der Waals surface area (Å²) in [6, 6.07) is 5.61. The summed E-state index contributed by atoms with van der Waals surface area (Å²) in [6.07, 6.45) is 3.37. The summed E-state index contributed by atoms with van der Waals surface area (Å²) in [5.41, 5.74) is 0.904. The standard InChI is InChI=1S/C17H25NO3/c1-6-21-15-9-7-14(11-16(15)20-5)8-10-17(19)18(4)12-13(2)3/h7-11,13H,6,12H2,1-5H3/b10-8+. The van der Waals surface area contributed by atoms with Crippen molar-refractivity contribution in [3.8, 4) is 11.5 Å². The predicted octanol–water partition coefficient (Wildman–Crippen LogP) is 3.22. The molecule has 0 atom stereocenters. The van der Waals surface area contributed by atoms with Gasteiger partial charge in [0, 0.05) is 19.7 Å². The van der Waals surface area contributed by atoms with Gasteiger partial charge in [0.2, 0.25) is 5.91 Å². The number of hydrogen-bond donors (Lipinski definition) is 0. The fourth-order valence-corrected chi connectivity index (χ4v) is 2.00. The number of carbonyl (C=O) groups excluding carboxylic acids is 1. The normalized spacial score (nSPS) is 11.0. The van der Waals surface area contributed by atoms with E-state index in [1.807, 2.05) is 32.2 Å². The summed E-state index contributed by atoms with van der Waals surface area (Å²) in [7, 11) is 3.42. The molecule has 0 fully saturated rings. The molecule has 1 aromatic rings. The van der Waals surface area contributed by atoms with Crippen molar-refractivity contribution >= 4 is 12.0 Å². The number of ether oxygens (including phenoxy) is 2. The van der Waals surface area contributed by atoms with Gasteiger partial charge in [-0.1, -0.05) is 19.9 Å². The summed E-state index contributed by atoms with van der Waals surface area (Å²) in [5.74, 6) is 1.83. The second kappa shape index (κ2) is 8.35. The lowest BCUT2D eigenvalue weighted by Crippen LogP contribution is -2.28. The molecule has 1 aromatic carbocycles. The molecule has 21 heavy (non-hydrogen) atoms. The Morgan fingerprint density at radius 3 is 2.62 bits per heavy atom. The van der Waals surface area contributed by atoms with Gasteiger partial charge in [0.15, 0.2) is 11.5 Å². The van der Waals surface area contributed by atoms with Crippen molar-refractivity contribution in [2.75, 3.05) is 27.3 Å². The van der Waals surface area contributed by atoms with Crippen LogP contribution >= 0.6 is 0 Å². The minimum atomic E-state index is -0.00319. The molecule has 0 saturated carbocycles. The molecule has 4 nitrogen and oxygen atoms in total. The number of methoxy groups -OCH3 is 1. The van der Waals surface area contributed by atoms with Gasteiger partial charge in [0.05, 0.1) is 13.7 Å². The zero-order chi connectivity index (χ0) is 15.8. The van der Waals surface area contributed by atoms with Crippen LogP contribution in [-0.2, 0) is 4.79 Å². The van der Waals surface area contributed by atoms with E-state index in [-0.39, 0.29) is 5.91 Å². The van der Waals surface area contributed by atoms with E-state index in [1.54, 1.807) is 24.2 Å². The molecule has 0 aliphatic heterocycles. The molecule has 0 unspecified atom stereocenters. The van der Waals surface area contributed by atoms with Crippen molar-refractivity contribution in [2.45, 2.75) is 20.8 Å². The highest BCUT2D eigenvalue weighted by Crippen LogP contribution is 2.28. The zero-order valence-corrected chi connectivity index (χ0v) is 13.6.